The number of nitriles is 1. The number of carbonyl (C=O) groups excluding carboxylic acids is 1. The van der Waals surface area contributed by atoms with Crippen molar-refractivity contribution in [1.29, 1.82) is 5.26 Å². The minimum Gasteiger partial charge on any atom is -0.384 e. The fourth-order valence-electron chi connectivity index (χ4n) is 4.09. The van der Waals surface area contributed by atoms with Gasteiger partial charge < -0.3 is 14.7 Å². The molecule has 2 aliphatic heterocycles. The van der Waals surface area contributed by atoms with Gasteiger partial charge in [0.2, 0.25) is 0 Å². The highest BCUT2D eigenvalue weighted by Crippen LogP contribution is 2.42. The second-order valence-corrected chi connectivity index (χ2v) is 10.7. The van der Waals surface area contributed by atoms with E-state index in [1.54, 1.807) is 49.1 Å². The van der Waals surface area contributed by atoms with Crippen LogP contribution in [-0.2, 0) is 10.3 Å². The second-order valence-electron chi connectivity index (χ2n) is 9.29. The number of urea groups is 1. The van der Waals surface area contributed by atoms with Crippen molar-refractivity contribution in [2.75, 3.05) is 31.6 Å². The van der Waals surface area contributed by atoms with E-state index in [2.05, 4.69) is 16.4 Å². The number of carbonyl (C=O) groups is 1. The molecular formula is C24H22ClN5O3S. The molecular weight excluding hydrogens is 474 g/mol. The number of aliphatic hydroxyl groups is 1. The van der Waals surface area contributed by atoms with Crippen molar-refractivity contribution in [3.05, 3.63) is 52.8 Å². The number of thiazole rings is 1. The lowest BCUT2D eigenvalue weighted by molar-refractivity contribution is -0.174. The summed E-state index contributed by atoms with van der Waals surface area (Å²) in [6.45, 7) is 6.01. The van der Waals surface area contributed by atoms with Gasteiger partial charge >= 0.3 is 6.03 Å². The standard InChI is InChI=1S/C24H22ClN5O3S/c1-23(2,32)17-7-16(8-18(25)27-17)20-19(15-5-3-4-14(6-15)9-26)28-21(34-20)29-22(31)30-10-24(11-30)12-33-13-24/h3-8,32H,10-13H2,1-2H3,(H,28,29,31). The van der Waals surface area contributed by atoms with E-state index in [-0.39, 0.29) is 16.6 Å². The molecule has 174 valence electrons. The Bertz CT molecular complexity index is 1310. The number of amides is 2. The minimum atomic E-state index is -1.19. The molecule has 0 unspecified atom stereocenters. The van der Waals surface area contributed by atoms with Crippen LogP contribution in [0.3, 0.4) is 0 Å². The first-order chi connectivity index (χ1) is 16.2. The van der Waals surface area contributed by atoms with Crippen LogP contribution < -0.4 is 5.32 Å². The summed E-state index contributed by atoms with van der Waals surface area (Å²) in [6, 6.07) is 12.5. The quantitative estimate of drug-likeness (QED) is 0.516. The van der Waals surface area contributed by atoms with Crippen molar-refractivity contribution in [3.8, 4) is 27.8 Å². The number of nitrogens with one attached hydrogen (secondary N) is 1. The Morgan fingerprint density at radius 2 is 2.03 bits per heavy atom. The number of hydrogen-bond donors (Lipinski definition) is 2. The van der Waals surface area contributed by atoms with E-state index in [0.717, 1.165) is 10.4 Å². The third-order valence-corrected chi connectivity index (χ3v) is 7.16. The van der Waals surface area contributed by atoms with Crippen molar-refractivity contribution in [3.63, 3.8) is 0 Å². The van der Waals surface area contributed by atoms with Crippen molar-refractivity contribution in [1.82, 2.24) is 14.9 Å². The van der Waals surface area contributed by atoms with Gasteiger partial charge in [-0.1, -0.05) is 35.1 Å². The lowest BCUT2D eigenvalue weighted by Gasteiger charge is -2.54. The molecule has 2 aliphatic rings. The number of pyridine rings is 1. The number of nitrogens with zero attached hydrogens (tertiary/aromatic N) is 4. The topological polar surface area (TPSA) is 111 Å². The lowest BCUT2D eigenvalue weighted by Crippen LogP contribution is -2.67. The van der Waals surface area contributed by atoms with Crippen LogP contribution in [0.4, 0.5) is 9.93 Å². The zero-order valence-corrected chi connectivity index (χ0v) is 20.2. The highest BCUT2D eigenvalue weighted by atomic mass is 35.5. The van der Waals surface area contributed by atoms with E-state index < -0.39 is 5.60 Å². The predicted molar refractivity (Wildman–Crippen MR) is 130 cm³/mol. The number of likely N-dealkylation sites (tertiary alicyclic amines) is 1. The SMILES string of the molecule is CC(C)(O)c1cc(-c2sc(NC(=O)N3CC4(COC4)C3)nc2-c2cccc(C#N)c2)cc(Cl)n1. The monoisotopic (exact) mass is 495 g/mol. The third kappa shape index (κ3) is 4.26. The Morgan fingerprint density at radius 1 is 1.26 bits per heavy atom. The zero-order valence-electron chi connectivity index (χ0n) is 18.6. The van der Waals surface area contributed by atoms with Crippen molar-refractivity contribution in [2.45, 2.75) is 19.4 Å². The van der Waals surface area contributed by atoms with Crippen LogP contribution in [0.15, 0.2) is 36.4 Å². The zero-order chi connectivity index (χ0) is 24.1. The smallest absolute Gasteiger partial charge is 0.323 e. The Balaban J connectivity index is 1.52. The fraction of sp³-hybridized carbons (Fsp3) is 0.333. The molecule has 4 heterocycles. The maximum atomic E-state index is 12.8. The molecule has 2 fully saturated rings. The van der Waals surface area contributed by atoms with Crippen molar-refractivity contribution < 1.29 is 14.6 Å². The molecule has 8 nitrogen and oxygen atoms in total. The van der Waals surface area contributed by atoms with Gasteiger partial charge in [0.1, 0.15) is 10.8 Å². The van der Waals surface area contributed by atoms with Gasteiger partial charge in [0.15, 0.2) is 5.13 Å². The lowest BCUT2D eigenvalue weighted by atomic mass is 9.78. The third-order valence-electron chi connectivity index (χ3n) is 5.95. The van der Waals surface area contributed by atoms with E-state index in [9.17, 15) is 15.2 Å². The number of anilines is 1. The van der Waals surface area contributed by atoms with Crippen molar-refractivity contribution >= 4 is 34.1 Å². The summed E-state index contributed by atoms with van der Waals surface area (Å²) in [5.74, 6) is 0. The maximum Gasteiger partial charge on any atom is 0.323 e. The molecule has 3 aromatic rings. The summed E-state index contributed by atoms with van der Waals surface area (Å²) < 4.78 is 5.28. The number of hydrogen-bond acceptors (Lipinski definition) is 7. The molecule has 2 saturated heterocycles. The number of rotatable bonds is 4. The molecule has 0 radical (unpaired) electrons. The van der Waals surface area contributed by atoms with Crippen LogP contribution >= 0.6 is 22.9 Å². The van der Waals surface area contributed by atoms with Gasteiger partial charge in [-0.15, -0.1) is 0 Å². The van der Waals surface area contributed by atoms with E-state index in [4.69, 9.17) is 21.3 Å². The van der Waals surface area contributed by atoms with Crippen LogP contribution in [0.5, 0.6) is 0 Å². The largest absolute Gasteiger partial charge is 0.384 e. The fourth-order valence-corrected chi connectivity index (χ4v) is 5.27. The molecule has 5 rings (SSSR count). The maximum absolute atomic E-state index is 12.8. The molecule has 1 aromatic carbocycles. The first-order valence-electron chi connectivity index (χ1n) is 10.7. The summed E-state index contributed by atoms with van der Waals surface area (Å²) in [7, 11) is 0. The Kier molecular flexibility index (Phi) is 5.57. The summed E-state index contributed by atoms with van der Waals surface area (Å²) in [5.41, 5.74) is 1.89. The molecule has 0 saturated carbocycles. The molecule has 0 atom stereocenters. The van der Waals surface area contributed by atoms with Gasteiger partial charge in [0.25, 0.3) is 0 Å². The molecule has 0 aliphatic carbocycles. The average molecular weight is 496 g/mol. The average Bonchev–Trinajstić information content (AvgIpc) is 3.14. The number of aromatic nitrogens is 2. The summed E-state index contributed by atoms with van der Waals surface area (Å²) >= 11 is 7.59. The summed E-state index contributed by atoms with van der Waals surface area (Å²) in [4.78, 5) is 24.2. The Labute approximate surface area is 205 Å². The summed E-state index contributed by atoms with van der Waals surface area (Å²) in [5, 5.41) is 23.4. The van der Waals surface area contributed by atoms with E-state index in [1.165, 1.54) is 11.3 Å². The number of ether oxygens (including phenoxy) is 1. The minimum absolute atomic E-state index is 0.121. The summed E-state index contributed by atoms with van der Waals surface area (Å²) in [6.07, 6.45) is 0. The highest BCUT2D eigenvalue weighted by molar-refractivity contribution is 7.19. The first kappa shape index (κ1) is 22.7. The molecule has 2 N–H and O–H groups in total. The molecule has 2 amide bonds. The molecule has 0 bridgehead atoms. The van der Waals surface area contributed by atoms with Gasteiger partial charge in [-0.05, 0) is 43.7 Å². The Morgan fingerprint density at radius 3 is 2.68 bits per heavy atom. The van der Waals surface area contributed by atoms with Crippen LogP contribution in [0.2, 0.25) is 5.15 Å². The molecule has 2 aromatic heterocycles. The molecule has 10 heteroatoms. The Hall–Kier alpha value is -3.03. The van der Waals surface area contributed by atoms with Crippen LogP contribution in [0, 0.1) is 16.7 Å². The normalized spacial score (nSPS) is 16.5. The van der Waals surface area contributed by atoms with Gasteiger partial charge in [0, 0.05) is 18.7 Å². The molecule has 34 heavy (non-hydrogen) atoms. The van der Waals surface area contributed by atoms with E-state index in [1.807, 2.05) is 6.07 Å². The first-order valence-corrected chi connectivity index (χ1v) is 11.9. The van der Waals surface area contributed by atoms with Gasteiger partial charge in [-0.3, -0.25) is 5.32 Å². The van der Waals surface area contributed by atoms with Crippen molar-refractivity contribution in [2.24, 2.45) is 5.41 Å². The van der Waals surface area contributed by atoms with E-state index in [0.29, 0.717) is 53.9 Å². The molecule has 1 spiro atoms. The second kappa shape index (κ2) is 8.32. The van der Waals surface area contributed by atoms with Crippen LogP contribution in [0.25, 0.3) is 21.7 Å². The number of halogens is 1. The number of benzene rings is 1. The van der Waals surface area contributed by atoms with Gasteiger partial charge in [-0.2, -0.15) is 5.26 Å². The highest BCUT2D eigenvalue weighted by Gasteiger charge is 2.50. The van der Waals surface area contributed by atoms with E-state index >= 15 is 0 Å². The van der Waals surface area contributed by atoms with Gasteiger partial charge in [0.05, 0.1) is 46.5 Å². The van der Waals surface area contributed by atoms with Crippen LogP contribution in [-0.4, -0.2) is 52.3 Å². The van der Waals surface area contributed by atoms with Crippen LogP contribution in [0.1, 0.15) is 25.1 Å². The predicted octanol–water partition coefficient (Wildman–Crippen LogP) is 4.49. The van der Waals surface area contributed by atoms with Gasteiger partial charge in [-0.25, -0.2) is 14.8 Å².